The molecule has 490 valence electrons. The number of nitrogens with zero attached hydrogens (tertiary/aromatic N) is 1. The number of allylic oxidation sites excluding steroid dienone is 28. The molecule has 0 aromatic carbocycles. The second kappa shape index (κ2) is 66.6. The first kappa shape index (κ1) is 81.7. The van der Waals surface area contributed by atoms with Crippen molar-refractivity contribution in [3.8, 4) is 0 Å². The molecule has 0 aliphatic rings. The van der Waals surface area contributed by atoms with Gasteiger partial charge in [-0.15, -0.1) is 0 Å². The number of likely N-dealkylation sites (N-methyl/N-ethyl adjacent to an activating group) is 1. The third-order valence-electron chi connectivity index (χ3n) is 14.0. The molecule has 2 atom stereocenters. The Morgan fingerprint density at radius 3 is 0.920 bits per heavy atom. The van der Waals surface area contributed by atoms with E-state index in [2.05, 4.69) is 184 Å². The average molecular weight is 1200 g/mol. The number of esters is 2. The first-order valence-corrected chi connectivity index (χ1v) is 34.3. The third-order valence-corrected chi connectivity index (χ3v) is 14.0. The summed E-state index contributed by atoms with van der Waals surface area (Å²) in [4.78, 5) is 37.4. The Morgan fingerprint density at radius 1 is 0.345 bits per heavy atom. The molecule has 0 aromatic rings. The highest BCUT2D eigenvalue weighted by Gasteiger charge is 2.22. The predicted molar refractivity (Wildman–Crippen MR) is 370 cm³/mol. The van der Waals surface area contributed by atoms with Crippen LogP contribution in [0, 0.1) is 0 Å². The van der Waals surface area contributed by atoms with Gasteiger partial charge in [-0.1, -0.05) is 274 Å². The minimum absolute atomic E-state index is 0.136. The maximum absolute atomic E-state index is 12.9. The third kappa shape index (κ3) is 68.0. The molecule has 0 fully saturated rings. The molecule has 0 spiro atoms. The van der Waals surface area contributed by atoms with Crippen molar-refractivity contribution < 1.29 is 42.9 Å². The van der Waals surface area contributed by atoms with E-state index in [9.17, 15) is 19.5 Å². The van der Waals surface area contributed by atoms with E-state index in [0.29, 0.717) is 23.9 Å². The number of hydrogen-bond acceptors (Lipinski definition) is 8. The van der Waals surface area contributed by atoms with E-state index in [4.69, 9.17) is 18.9 Å². The minimum Gasteiger partial charge on any atom is -0.545 e. The lowest BCUT2D eigenvalue weighted by Gasteiger charge is -2.26. The molecule has 9 heteroatoms. The molecule has 9 nitrogen and oxygen atoms in total. The van der Waals surface area contributed by atoms with E-state index in [0.717, 1.165) is 141 Å². The molecular formula is C78H125NO8. The second-order valence-electron chi connectivity index (χ2n) is 23.3. The van der Waals surface area contributed by atoms with Crippen LogP contribution in [0.4, 0.5) is 0 Å². The van der Waals surface area contributed by atoms with Gasteiger partial charge >= 0.3 is 11.9 Å². The highest BCUT2D eigenvalue weighted by molar-refractivity contribution is 5.70. The standard InChI is InChI=1S/C78H125NO8/c1-6-8-10-12-14-16-18-20-22-24-26-28-29-30-31-32-33-34-35-36-37-38-39-40-41-42-43-44-45-46-47-49-51-53-55-57-59-61-63-65-67-69-76(81)87-74(73-86-78(77(82)83)84-71-70-79(3,4)5)72-85-75(80)68-66-64-62-60-58-56-54-52-50-48-27-25-23-21-19-17-15-13-11-9-7-2/h8-11,14-17,20-23,26-28,30-31,33-34,36-37,39-40,42-43,48,52,54,74,78H,6-7,12-13,18-19,24-25,29,32,35,38,41,44-47,49-51,53,55-73H2,1-5H3/b10-8-,11-9-,16-14-,17-15-,22-20-,23-21-,28-26-,31-30-,34-33-,37-36-,40-39-,43-42-,48-27-,54-52-. The molecule has 0 saturated carbocycles. The number of hydrogen-bond donors (Lipinski definition) is 0. The van der Waals surface area contributed by atoms with Gasteiger partial charge in [0.15, 0.2) is 12.4 Å². The summed E-state index contributed by atoms with van der Waals surface area (Å²) in [6.07, 6.45) is 97.1. The van der Waals surface area contributed by atoms with Crippen LogP contribution in [0.25, 0.3) is 0 Å². The average Bonchev–Trinajstić information content (AvgIpc) is 3.59. The molecule has 0 aromatic heterocycles. The van der Waals surface area contributed by atoms with Crippen molar-refractivity contribution in [2.75, 3.05) is 47.5 Å². The first-order chi connectivity index (χ1) is 42.6. The van der Waals surface area contributed by atoms with Gasteiger partial charge in [0.05, 0.1) is 40.3 Å². The monoisotopic (exact) mass is 1200 g/mol. The van der Waals surface area contributed by atoms with Crippen LogP contribution < -0.4 is 5.11 Å². The molecule has 87 heavy (non-hydrogen) atoms. The lowest BCUT2D eigenvalue weighted by molar-refractivity contribution is -0.870. The zero-order chi connectivity index (χ0) is 63.3. The molecule has 0 N–H and O–H groups in total. The highest BCUT2D eigenvalue weighted by Crippen LogP contribution is 2.15. The van der Waals surface area contributed by atoms with Gasteiger partial charge < -0.3 is 33.3 Å². The van der Waals surface area contributed by atoms with Gasteiger partial charge in [-0.3, -0.25) is 9.59 Å². The largest absolute Gasteiger partial charge is 0.545 e. The number of unbranched alkanes of at least 4 members (excludes halogenated alkanes) is 18. The highest BCUT2D eigenvalue weighted by atomic mass is 16.7. The Morgan fingerprint density at radius 2 is 0.621 bits per heavy atom. The van der Waals surface area contributed by atoms with E-state index in [1.165, 1.54) is 64.2 Å². The van der Waals surface area contributed by atoms with E-state index in [1.807, 2.05) is 21.1 Å². The van der Waals surface area contributed by atoms with E-state index < -0.39 is 24.3 Å². The Labute approximate surface area is 533 Å². The van der Waals surface area contributed by atoms with Gasteiger partial charge in [-0.05, 0) is 128 Å². The maximum Gasteiger partial charge on any atom is 0.306 e. The number of quaternary nitrogens is 1. The molecule has 0 aliphatic carbocycles. The molecular weight excluding hydrogens is 1080 g/mol. The minimum atomic E-state index is -1.64. The molecule has 0 aliphatic heterocycles. The summed E-state index contributed by atoms with van der Waals surface area (Å²) in [5, 5.41) is 11.8. The predicted octanol–water partition coefficient (Wildman–Crippen LogP) is 20.1. The van der Waals surface area contributed by atoms with Crippen LogP contribution in [0.1, 0.15) is 245 Å². The Hall–Kier alpha value is -5.35. The number of rotatable bonds is 61. The lowest BCUT2D eigenvalue weighted by Crippen LogP contribution is -2.44. The van der Waals surface area contributed by atoms with Gasteiger partial charge in [0.2, 0.25) is 0 Å². The van der Waals surface area contributed by atoms with Gasteiger partial charge in [0.1, 0.15) is 13.2 Å². The van der Waals surface area contributed by atoms with Crippen LogP contribution in [0.15, 0.2) is 170 Å². The van der Waals surface area contributed by atoms with Crippen molar-refractivity contribution in [2.24, 2.45) is 0 Å². The van der Waals surface area contributed by atoms with Crippen molar-refractivity contribution in [2.45, 2.75) is 257 Å². The number of carbonyl (C=O) groups is 3. The summed E-state index contributed by atoms with van der Waals surface area (Å²) in [5.41, 5.74) is 0. The molecule has 0 bridgehead atoms. The maximum atomic E-state index is 12.9. The lowest BCUT2D eigenvalue weighted by atomic mass is 10.0. The fourth-order valence-corrected chi connectivity index (χ4v) is 8.79. The zero-order valence-electron chi connectivity index (χ0n) is 55.8. The Kier molecular flexibility index (Phi) is 62.5. The normalized spacial score (nSPS) is 13.8. The quantitative estimate of drug-likeness (QED) is 0.0195. The summed E-state index contributed by atoms with van der Waals surface area (Å²) in [7, 11) is 5.91. The van der Waals surface area contributed by atoms with Crippen molar-refractivity contribution in [3.05, 3.63) is 170 Å². The second-order valence-corrected chi connectivity index (χ2v) is 23.3. The van der Waals surface area contributed by atoms with Crippen LogP contribution in [0.5, 0.6) is 0 Å². The zero-order valence-corrected chi connectivity index (χ0v) is 55.8. The number of carbonyl (C=O) groups excluding carboxylic acids is 3. The Balaban J connectivity index is 4.15. The van der Waals surface area contributed by atoms with Crippen molar-refractivity contribution in [1.29, 1.82) is 0 Å². The summed E-state index contributed by atoms with van der Waals surface area (Å²) < 4.78 is 22.7. The summed E-state index contributed by atoms with van der Waals surface area (Å²) >= 11 is 0. The molecule has 0 heterocycles. The number of ether oxygens (including phenoxy) is 4. The summed E-state index contributed by atoms with van der Waals surface area (Å²) in [6.45, 7) is 4.48. The van der Waals surface area contributed by atoms with Crippen LogP contribution in [0.3, 0.4) is 0 Å². The van der Waals surface area contributed by atoms with E-state index in [1.54, 1.807) is 0 Å². The van der Waals surface area contributed by atoms with Gasteiger partial charge in [0.25, 0.3) is 0 Å². The van der Waals surface area contributed by atoms with Gasteiger partial charge in [0, 0.05) is 12.8 Å². The molecule has 2 unspecified atom stereocenters. The SMILES string of the molecule is CC/C=C\C/C=C\C/C=C\C/C=C\C/C=C\C/C=C\C/C=C\C/C=C\C/C=C\CCCCCCCCCCCCCCCC(=O)OC(COC(=O)CCCCCCC/C=C\C/C=C\C/C=C\C/C=C\C/C=C\CC)COC(OCC[N+](C)(C)C)C(=O)[O-]. The van der Waals surface area contributed by atoms with Crippen LogP contribution in [0.2, 0.25) is 0 Å². The summed E-state index contributed by atoms with van der Waals surface area (Å²) in [5.74, 6) is -2.32. The van der Waals surface area contributed by atoms with E-state index in [-0.39, 0.29) is 38.6 Å². The molecule has 0 radical (unpaired) electrons. The topological polar surface area (TPSA) is 111 Å². The number of carboxylic acids is 1. The van der Waals surface area contributed by atoms with Crippen LogP contribution in [-0.4, -0.2) is 82.3 Å². The van der Waals surface area contributed by atoms with E-state index >= 15 is 0 Å². The number of aliphatic carboxylic acids is 1. The molecule has 0 amide bonds. The fourth-order valence-electron chi connectivity index (χ4n) is 8.79. The smallest absolute Gasteiger partial charge is 0.306 e. The van der Waals surface area contributed by atoms with Crippen molar-refractivity contribution in [3.63, 3.8) is 0 Å². The van der Waals surface area contributed by atoms with Crippen LogP contribution >= 0.6 is 0 Å². The summed E-state index contributed by atoms with van der Waals surface area (Å²) in [6, 6.07) is 0. The fraction of sp³-hybridized carbons (Fsp3) is 0.603. The van der Waals surface area contributed by atoms with Gasteiger partial charge in [-0.25, -0.2) is 0 Å². The van der Waals surface area contributed by atoms with Crippen LogP contribution in [-0.2, 0) is 33.3 Å². The molecule has 0 saturated heterocycles. The van der Waals surface area contributed by atoms with Gasteiger partial charge in [-0.2, -0.15) is 0 Å². The van der Waals surface area contributed by atoms with Crippen molar-refractivity contribution >= 4 is 17.9 Å². The van der Waals surface area contributed by atoms with Crippen molar-refractivity contribution in [1.82, 2.24) is 0 Å². The molecule has 0 rings (SSSR count). The number of carboxylic acid groups (broad SMARTS) is 1. The first-order valence-electron chi connectivity index (χ1n) is 34.3. The Bertz CT molecular complexity index is 2030.